The number of carbonyl (C=O) groups excluding carboxylic acids is 1. The van der Waals surface area contributed by atoms with Gasteiger partial charge in [0.1, 0.15) is 0 Å². The van der Waals surface area contributed by atoms with Gasteiger partial charge in [-0.05, 0) is 49.1 Å². The molecule has 1 fully saturated rings. The number of carbonyl (C=O) groups is 2. The summed E-state index contributed by atoms with van der Waals surface area (Å²) in [5, 5.41) is 12.1. The van der Waals surface area contributed by atoms with E-state index in [2.05, 4.69) is 29.6 Å². The number of carboxylic acids is 1. The summed E-state index contributed by atoms with van der Waals surface area (Å²) in [7, 11) is 0. The number of rotatable bonds is 6. The second-order valence-corrected chi connectivity index (χ2v) is 7.82. The normalized spacial score (nSPS) is 24.9. The molecule has 1 aromatic rings. The number of piperidine rings is 1. The minimum Gasteiger partial charge on any atom is -0.481 e. The zero-order valence-corrected chi connectivity index (χ0v) is 16.0. The van der Waals surface area contributed by atoms with E-state index >= 15 is 0 Å². The Morgan fingerprint density at radius 1 is 1.30 bits per heavy atom. The summed E-state index contributed by atoms with van der Waals surface area (Å²) < 4.78 is 6.06. The van der Waals surface area contributed by atoms with Crippen LogP contribution in [0.3, 0.4) is 0 Å². The summed E-state index contributed by atoms with van der Waals surface area (Å²) in [5.74, 6) is -1.07. The van der Waals surface area contributed by atoms with E-state index in [4.69, 9.17) is 4.74 Å². The fraction of sp³-hybridized carbons (Fsp3) is 0.619. The Hall–Kier alpha value is -2.08. The zero-order chi connectivity index (χ0) is 19.2. The summed E-state index contributed by atoms with van der Waals surface area (Å²) in [5.41, 5.74) is 2.68. The quantitative estimate of drug-likeness (QED) is 0.750. The molecule has 3 rings (SSSR count). The van der Waals surface area contributed by atoms with E-state index in [9.17, 15) is 14.7 Å². The molecule has 1 aliphatic heterocycles. The first-order valence-electron chi connectivity index (χ1n) is 9.99. The highest BCUT2D eigenvalue weighted by Crippen LogP contribution is 2.32. The molecule has 148 valence electrons. The molecule has 1 heterocycles. The average Bonchev–Trinajstić information content (AvgIpc) is 2.67. The summed E-state index contributed by atoms with van der Waals surface area (Å²) >= 11 is 0. The van der Waals surface area contributed by atoms with Crippen LogP contribution in [0.1, 0.15) is 49.8 Å². The summed E-state index contributed by atoms with van der Waals surface area (Å²) in [6, 6.07) is 8.29. The highest BCUT2D eigenvalue weighted by Gasteiger charge is 2.31. The van der Waals surface area contributed by atoms with Gasteiger partial charge < -0.3 is 20.1 Å². The van der Waals surface area contributed by atoms with Crippen molar-refractivity contribution in [2.45, 2.75) is 45.1 Å². The largest absolute Gasteiger partial charge is 0.481 e. The number of carboxylic acid groups (broad SMARTS) is 1. The molecular formula is C21H30N2O4. The lowest BCUT2D eigenvalue weighted by Gasteiger charge is -2.34. The minimum absolute atomic E-state index is 0.157. The average molecular weight is 374 g/mol. The molecule has 3 atom stereocenters. The molecule has 27 heavy (non-hydrogen) atoms. The SMILES string of the molecule is CC1CC(C(=O)O)CN(C(=O)NCCCOC2CCCc3ccccc32)C1. The van der Waals surface area contributed by atoms with Crippen LogP contribution in [0.4, 0.5) is 4.79 Å². The fourth-order valence-corrected chi connectivity index (χ4v) is 4.18. The Morgan fingerprint density at radius 3 is 2.93 bits per heavy atom. The van der Waals surface area contributed by atoms with Crippen molar-refractivity contribution in [3.8, 4) is 0 Å². The van der Waals surface area contributed by atoms with Crippen molar-refractivity contribution in [3.63, 3.8) is 0 Å². The van der Waals surface area contributed by atoms with Gasteiger partial charge in [0.25, 0.3) is 0 Å². The van der Waals surface area contributed by atoms with E-state index in [-0.39, 0.29) is 18.1 Å². The lowest BCUT2D eigenvalue weighted by molar-refractivity contribution is -0.143. The second-order valence-electron chi connectivity index (χ2n) is 7.82. The fourth-order valence-electron chi connectivity index (χ4n) is 4.18. The Labute approximate surface area is 160 Å². The van der Waals surface area contributed by atoms with Crippen molar-refractivity contribution >= 4 is 12.0 Å². The maximum atomic E-state index is 12.3. The monoisotopic (exact) mass is 374 g/mol. The Bertz CT molecular complexity index is 663. The van der Waals surface area contributed by atoms with Crippen LogP contribution in [-0.4, -0.2) is 48.2 Å². The molecule has 1 saturated heterocycles. The molecule has 2 aliphatic rings. The third-order valence-electron chi connectivity index (χ3n) is 5.53. The van der Waals surface area contributed by atoms with Gasteiger partial charge in [-0.1, -0.05) is 31.2 Å². The van der Waals surface area contributed by atoms with Crippen molar-refractivity contribution < 1.29 is 19.4 Å². The standard InChI is InChI=1S/C21H30N2O4/c1-15-12-17(20(24)25)14-23(13-15)21(26)22-10-5-11-27-19-9-4-7-16-6-2-3-8-18(16)19/h2-3,6,8,15,17,19H,4-5,7,9-14H2,1H3,(H,22,26)(H,24,25). The van der Waals surface area contributed by atoms with Crippen LogP contribution in [0.15, 0.2) is 24.3 Å². The van der Waals surface area contributed by atoms with Crippen LogP contribution in [0, 0.1) is 11.8 Å². The van der Waals surface area contributed by atoms with Crippen LogP contribution in [-0.2, 0) is 16.0 Å². The maximum absolute atomic E-state index is 12.3. The topological polar surface area (TPSA) is 78.9 Å². The van der Waals surface area contributed by atoms with Crippen LogP contribution >= 0.6 is 0 Å². The number of nitrogens with one attached hydrogen (secondary N) is 1. The lowest BCUT2D eigenvalue weighted by atomic mass is 9.89. The number of benzene rings is 1. The number of aliphatic carboxylic acids is 1. The van der Waals surface area contributed by atoms with Crippen LogP contribution in [0.25, 0.3) is 0 Å². The molecule has 0 bridgehead atoms. The number of aryl methyl sites for hydroxylation is 1. The van der Waals surface area contributed by atoms with E-state index in [1.165, 1.54) is 11.1 Å². The zero-order valence-electron chi connectivity index (χ0n) is 16.0. The first kappa shape index (κ1) is 19.7. The number of ether oxygens (including phenoxy) is 1. The molecule has 0 spiro atoms. The molecular weight excluding hydrogens is 344 g/mol. The Kier molecular flexibility index (Phi) is 6.72. The van der Waals surface area contributed by atoms with Crippen molar-refractivity contribution in [2.75, 3.05) is 26.2 Å². The van der Waals surface area contributed by atoms with E-state index in [1.54, 1.807) is 4.90 Å². The van der Waals surface area contributed by atoms with Crippen LogP contribution < -0.4 is 5.32 Å². The van der Waals surface area contributed by atoms with Crippen molar-refractivity contribution in [1.82, 2.24) is 10.2 Å². The molecule has 6 nitrogen and oxygen atoms in total. The molecule has 1 aliphatic carbocycles. The van der Waals surface area contributed by atoms with Gasteiger partial charge in [0.05, 0.1) is 12.0 Å². The van der Waals surface area contributed by atoms with Crippen LogP contribution in [0.5, 0.6) is 0 Å². The minimum atomic E-state index is -0.819. The lowest BCUT2D eigenvalue weighted by Crippen LogP contribution is -2.49. The summed E-state index contributed by atoms with van der Waals surface area (Å²) in [4.78, 5) is 25.2. The van der Waals surface area contributed by atoms with Gasteiger partial charge in [-0.25, -0.2) is 4.79 Å². The third-order valence-corrected chi connectivity index (χ3v) is 5.53. The molecule has 0 saturated carbocycles. The number of nitrogens with zero attached hydrogens (tertiary/aromatic N) is 1. The number of hydrogen-bond donors (Lipinski definition) is 2. The molecule has 1 aromatic carbocycles. The summed E-state index contributed by atoms with van der Waals surface area (Å²) in [6.07, 6.45) is 4.86. The van der Waals surface area contributed by atoms with Gasteiger partial charge in [-0.2, -0.15) is 0 Å². The number of amides is 2. The van der Waals surface area contributed by atoms with Crippen LogP contribution in [0.2, 0.25) is 0 Å². The van der Waals surface area contributed by atoms with Crippen molar-refractivity contribution in [2.24, 2.45) is 11.8 Å². The van der Waals surface area contributed by atoms with Crippen molar-refractivity contribution in [3.05, 3.63) is 35.4 Å². The first-order chi connectivity index (χ1) is 13.0. The Morgan fingerprint density at radius 2 is 2.11 bits per heavy atom. The highest BCUT2D eigenvalue weighted by atomic mass is 16.5. The maximum Gasteiger partial charge on any atom is 0.317 e. The smallest absolute Gasteiger partial charge is 0.317 e. The molecule has 2 N–H and O–H groups in total. The molecule has 6 heteroatoms. The van der Waals surface area contributed by atoms with E-state index in [1.807, 2.05) is 6.92 Å². The van der Waals surface area contributed by atoms with E-state index in [0.717, 1.165) is 25.7 Å². The number of fused-ring (bicyclic) bond motifs is 1. The van der Waals surface area contributed by atoms with E-state index in [0.29, 0.717) is 32.7 Å². The number of hydrogen-bond acceptors (Lipinski definition) is 3. The molecule has 3 unspecified atom stereocenters. The summed E-state index contributed by atoms with van der Waals surface area (Å²) in [6.45, 7) is 4.04. The van der Waals surface area contributed by atoms with Gasteiger partial charge in [0, 0.05) is 26.2 Å². The predicted octanol–water partition coefficient (Wildman–Crippen LogP) is 3.22. The number of likely N-dealkylation sites (tertiary alicyclic amines) is 1. The van der Waals surface area contributed by atoms with Gasteiger partial charge in [0.15, 0.2) is 0 Å². The van der Waals surface area contributed by atoms with Gasteiger partial charge in [-0.3, -0.25) is 4.79 Å². The van der Waals surface area contributed by atoms with Crippen molar-refractivity contribution in [1.29, 1.82) is 0 Å². The van der Waals surface area contributed by atoms with Gasteiger partial charge >= 0.3 is 12.0 Å². The Balaban J connectivity index is 1.38. The highest BCUT2D eigenvalue weighted by molar-refractivity contribution is 5.76. The first-order valence-corrected chi connectivity index (χ1v) is 9.99. The number of urea groups is 1. The third kappa shape index (κ3) is 5.22. The molecule has 0 radical (unpaired) electrons. The molecule has 2 amide bonds. The second kappa shape index (κ2) is 9.22. The van der Waals surface area contributed by atoms with E-state index < -0.39 is 11.9 Å². The van der Waals surface area contributed by atoms with Gasteiger partial charge in [-0.15, -0.1) is 0 Å². The van der Waals surface area contributed by atoms with Gasteiger partial charge in [0.2, 0.25) is 0 Å². The predicted molar refractivity (Wildman–Crippen MR) is 103 cm³/mol. The molecule has 0 aromatic heterocycles.